The molecule has 0 saturated heterocycles. The van der Waals surface area contributed by atoms with Gasteiger partial charge in [0, 0.05) is 0 Å². The molecule has 0 N–H and O–H groups in total. The summed E-state index contributed by atoms with van der Waals surface area (Å²) in [5, 5.41) is 25.5. The van der Waals surface area contributed by atoms with Gasteiger partial charge in [-0.2, -0.15) is 0 Å². The minimum atomic E-state index is 1.19. The fourth-order valence-corrected chi connectivity index (χ4v) is 15.8. The summed E-state index contributed by atoms with van der Waals surface area (Å²) >= 11 is 0. The predicted molar refractivity (Wildman–Crippen MR) is 379 cm³/mol. The van der Waals surface area contributed by atoms with E-state index < -0.39 is 0 Å². The van der Waals surface area contributed by atoms with E-state index in [4.69, 9.17) is 0 Å². The van der Waals surface area contributed by atoms with Crippen molar-refractivity contribution in [1.82, 2.24) is 0 Å². The van der Waals surface area contributed by atoms with Crippen molar-refractivity contribution in [2.24, 2.45) is 0 Å². The van der Waals surface area contributed by atoms with Gasteiger partial charge in [0.15, 0.2) is 0 Å². The molecule has 0 bridgehead atoms. The molecule has 0 radical (unpaired) electrons. The molecular formula is C88H52. The monoisotopic (exact) mass is 1110 g/mol. The van der Waals surface area contributed by atoms with Crippen LogP contribution in [0.3, 0.4) is 0 Å². The fraction of sp³-hybridized carbons (Fsp3) is 0. The highest BCUT2D eigenvalue weighted by molar-refractivity contribution is 6.50. The Balaban J connectivity index is 1.10. The summed E-state index contributed by atoms with van der Waals surface area (Å²) in [6.07, 6.45) is 0. The average molecular weight is 1110 g/mol. The highest BCUT2D eigenvalue weighted by Crippen LogP contribution is 2.61. The quantitative estimate of drug-likeness (QED) is 0.105. The van der Waals surface area contributed by atoms with Crippen LogP contribution < -0.4 is 0 Å². The van der Waals surface area contributed by atoms with Gasteiger partial charge in [0.2, 0.25) is 0 Å². The van der Waals surface area contributed by atoms with Gasteiger partial charge in [0.25, 0.3) is 0 Å². The first-order valence-electron chi connectivity index (χ1n) is 30.7. The van der Waals surface area contributed by atoms with Gasteiger partial charge in [0.05, 0.1) is 0 Å². The Kier molecular flexibility index (Phi) is 10.6. The molecule has 0 heterocycles. The van der Waals surface area contributed by atoms with Crippen LogP contribution in [0.25, 0.3) is 197 Å². The van der Waals surface area contributed by atoms with Crippen LogP contribution in [0.15, 0.2) is 315 Å². The molecule has 0 aliphatic heterocycles. The second-order valence-corrected chi connectivity index (χ2v) is 24.0. The van der Waals surface area contributed by atoms with Crippen LogP contribution in [-0.4, -0.2) is 0 Å². The van der Waals surface area contributed by atoms with Gasteiger partial charge in [-0.05, 0) is 245 Å². The lowest BCUT2D eigenvalue weighted by molar-refractivity contribution is 1.64. The number of hydrogen-bond acceptors (Lipinski definition) is 0. The van der Waals surface area contributed by atoms with E-state index in [9.17, 15) is 0 Å². The summed E-state index contributed by atoms with van der Waals surface area (Å²) in [7, 11) is 0. The number of fused-ring (bicyclic) bond motifs is 9. The normalized spacial score (nSPS) is 12.1. The molecule has 0 amide bonds. The van der Waals surface area contributed by atoms with Gasteiger partial charge in [-0.3, -0.25) is 0 Å². The third-order valence-corrected chi connectivity index (χ3v) is 19.3. The first-order chi connectivity index (χ1) is 43.7. The molecule has 0 heteroatoms. The Bertz CT molecular complexity index is 5580. The van der Waals surface area contributed by atoms with Crippen LogP contribution in [-0.2, 0) is 0 Å². The molecule has 404 valence electrons. The molecular weight excluding hydrogens is 1060 g/mol. The topological polar surface area (TPSA) is 0 Å². The lowest BCUT2D eigenvalue weighted by atomic mass is 9.78. The van der Waals surface area contributed by atoms with Crippen molar-refractivity contribution in [3.05, 3.63) is 315 Å². The Labute approximate surface area is 509 Å². The maximum Gasteiger partial charge on any atom is -0.0000928 e. The van der Waals surface area contributed by atoms with Gasteiger partial charge in [-0.1, -0.05) is 267 Å². The Hall–Kier alpha value is -11.4. The van der Waals surface area contributed by atoms with E-state index in [2.05, 4.69) is 315 Å². The first-order valence-corrected chi connectivity index (χ1v) is 30.7. The van der Waals surface area contributed by atoms with Crippen molar-refractivity contribution in [3.8, 4) is 89.0 Å². The van der Waals surface area contributed by atoms with Crippen LogP contribution in [0.5, 0.6) is 0 Å². The Morgan fingerprint density at radius 1 is 0.114 bits per heavy atom. The van der Waals surface area contributed by atoms with Crippen LogP contribution in [0, 0.1) is 0 Å². The molecule has 0 aliphatic rings. The van der Waals surface area contributed by atoms with Crippen molar-refractivity contribution < 1.29 is 0 Å². The second kappa shape index (κ2) is 19.0. The third kappa shape index (κ3) is 7.09. The number of hydrogen-bond donors (Lipinski definition) is 0. The Morgan fingerprint density at radius 2 is 0.330 bits per heavy atom. The Morgan fingerprint density at radius 3 is 0.614 bits per heavy atom. The van der Waals surface area contributed by atoms with Crippen molar-refractivity contribution >= 4 is 108 Å². The second-order valence-electron chi connectivity index (χ2n) is 24.0. The molecule has 0 atom stereocenters. The standard InChI is InChI=1S/C88H52/c1-9-25-53(26-10-1)61-45-65-46-62(54-27-11-2-12-28-54)50-72-68-42-44-70-82-69(43-41-67(81(68)82)71(49-61)75(65)72)83-77(57-33-17-5-18-34-57)87-79(59-37-21-7-22-38-59)85-73-51-63(55-29-13-3-14-30-55)47-66-48-64(56-31-15-4-16-32-56)52-74(76(66)73)86(85)80(60-39-23-8-24-40-60)88(87)78(84(70)83)58-35-19-6-20-36-58/h1-52H. The van der Waals surface area contributed by atoms with E-state index in [0.29, 0.717) is 0 Å². The van der Waals surface area contributed by atoms with Gasteiger partial charge in [0.1, 0.15) is 0 Å². The lowest BCUT2D eigenvalue weighted by Crippen LogP contribution is -1.96. The zero-order chi connectivity index (χ0) is 57.6. The molecule has 0 spiro atoms. The summed E-state index contributed by atoms with van der Waals surface area (Å²) < 4.78 is 0. The molecule has 19 rings (SSSR count). The van der Waals surface area contributed by atoms with E-state index in [1.165, 1.54) is 197 Å². The van der Waals surface area contributed by atoms with Crippen LogP contribution in [0.1, 0.15) is 0 Å². The van der Waals surface area contributed by atoms with Crippen molar-refractivity contribution in [2.45, 2.75) is 0 Å². The van der Waals surface area contributed by atoms with Crippen molar-refractivity contribution in [3.63, 3.8) is 0 Å². The number of benzene rings is 17. The lowest BCUT2D eigenvalue weighted by Gasteiger charge is -2.24. The van der Waals surface area contributed by atoms with E-state index in [1.807, 2.05) is 0 Å². The highest BCUT2D eigenvalue weighted by Gasteiger charge is 2.33. The average Bonchev–Trinajstić information content (AvgIpc) is 1.46. The van der Waals surface area contributed by atoms with Crippen molar-refractivity contribution in [1.29, 1.82) is 0 Å². The molecule has 0 aliphatic carbocycles. The van der Waals surface area contributed by atoms with Gasteiger partial charge in [-0.15, -0.1) is 0 Å². The SMILES string of the molecule is c1ccc(-c2cc3cc(-c4ccccc4)cc4c5ccc6c7c(-c8ccccc8)c8c(-c9ccccc9)c9c%10cc(-c%11ccccc%11)cc%11cc(-c%12ccccc%12)cc(c9c(-c9ccccc9)c8c(-c8ccccc8)c7c7ccc(c(c2)c34)c5c76)c%11%10)cc1. The molecule has 19 aromatic rings. The number of rotatable bonds is 8. The van der Waals surface area contributed by atoms with Crippen LogP contribution >= 0.6 is 0 Å². The third-order valence-electron chi connectivity index (χ3n) is 19.3. The smallest absolute Gasteiger partial charge is 0.0000928 e. The molecule has 0 saturated carbocycles. The first kappa shape index (κ1) is 48.9. The maximum atomic E-state index is 2.51. The highest BCUT2D eigenvalue weighted by atomic mass is 14.3. The predicted octanol–water partition coefficient (Wildman–Crippen LogP) is 24.9. The van der Waals surface area contributed by atoms with Gasteiger partial charge < -0.3 is 0 Å². The minimum absolute atomic E-state index is 1.19. The van der Waals surface area contributed by atoms with Crippen LogP contribution in [0.4, 0.5) is 0 Å². The summed E-state index contributed by atoms with van der Waals surface area (Å²) in [4.78, 5) is 0. The van der Waals surface area contributed by atoms with E-state index in [1.54, 1.807) is 0 Å². The zero-order valence-corrected chi connectivity index (χ0v) is 48.0. The largest absolute Gasteiger partial charge is 0.0622 e. The molecule has 0 nitrogen and oxygen atoms in total. The molecule has 88 heavy (non-hydrogen) atoms. The van der Waals surface area contributed by atoms with E-state index in [-0.39, 0.29) is 0 Å². The summed E-state index contributed by atoms with van der Waals surface area (Å²) in [6, 6.07) is 119. The van der Waals surface area contributed by atoms with Crippen LogP contribution in [0.2, 0.25) is 0 Å². The van der Waals surface area contributed by atoms with E-state index in [0.717, 1.165) is 0 Å². The zero-order valence-electron chi connectivity index (χ0n) is 48.0. The minimum Gasteiger partial charge on any atom is -0.0622 e. The fourth-order valence-electron chi connectivity index (χ4n) is 15.8. The van der Waals surface area contributed by atoms with Gasteiger partial charge in [-0.25, -0.2) is 0 Å². The van der Waals surface area contributed by atoms with Gasteiger partial charge >= 0.3 is 0 Å². The summed E-state index contributed by atoms with van der Waals surface area (Å²) in [6.45, 7) is 0. The summed E-state index contributed by atoms with van der Waals surface area (Å²) in [5.41, 5.74) is 19.4. The molecule has 0 unspecified atom stereocenters. The van der Waals surface area contributed by atoms with Crippen molar-refractivity contribution in [2.75, 3.05) is 0 Å². The van der Waals surface area contributed by atoms with E-state index >= 15 is 0 Å². The maximum absolute atomic E-state index is 2.51. The summed E-state index contributed by atoms with van der Waals surface area (Å²) in [5.74, 6) is 0. The molecule has 19 aromatic carbocycles. The molecule has 0 fully saturated rings. The molecule has 0 aromatic heterocycles.